The highest BCUT2D eigenvalue weighted by atomic mass is 32.1. The molecule has 1 saturated carbocycles. The SMILES string of the molecule is CCc1ccc(C2(C)CC2CNC(C)C)s1. The molecule has 2 rings (SSSR count). The van der Waals surface area contributed by atoms with E-state index in [1.54, 1.807) is 4.88 Å². The second kappa shape index (κ2) is 4.50. The average Bonchev–Trinajstić information content (AvgIpc) is 2.72. The summed E-state index contributed by atoms with van der Waals surface area (Å²) in [5.41, 5.74) is 0.472. The number of hydrogen-bond acceptors (Lipinski definition) is 2. The van der Waals surface area contributed by atoms with Gasteiger partial charge < -0.3 is 5.32 Å². The summed E-state index contributed by atoms with van der Waals surface area (Å²) in [4.78, 5) is 3.12. The first-order valence-electron chi connectivity index (χ1n) is 6.39. The smallest absolute Gasteiger partial charge is 0.0111 e. The standard InChI is InChI=1S/C14H23NS/c1-5-12-6-7-13(16-12)14(4)8-11(14)9-15-10(2)3/h6-7,10-11,15H,5,8-9H2,1-4H3. The van der Waals surface area contributed by atoms with E-state index in [0.717, 1.165) is 5.92 Å². The molecule has 0 saturated heterocycles. The summed E-state index contributed by atoms with van der Waals surface area (Å²) >= 11 is 2.01. The molecule has 0 aromatic carbocycles. The molecule has 1 fully saturated rings. The van der Waals surface area contributed by atoms with Crippen LogP contribution in [-0.2, 0) is 11.8 Å². The maximum absolute atomic E-state index is 3.56. The third-order valence-corrected chi connectivity index (χ3v) is 5.27. The van der Waals surface area contributed by atoms with Crippen molar-refractivity contribution in [2.75, 3.05) is 6.54 Å². The Morgan fingerprint density at radius 1 is 1.50 bits per heavy atom. The molecular formula is C14H23NS. The fourth-order valence-electron chi connectivity index (χ4n) is 2.30. The number of rotatable bonds is 5. The maximum Gasteiger partial charge on any atom is 0.0111 e. The highest BCUT2D eigenvalue weighted by Gasteiger charge is 2.51. The average molecular weight is 237 g/mol. The molecule has 1 aromatic rings. The zero-order valence-corrected chi connectivity index (χ0v) is 11.7. The molecule has 0 bridgehead atoms. The highest BCUT2D eigenvalue weighted by Crippen LogP contribution is 2.55. The van der Waals surface area contributed by atoms with Crippen LogP contribution in [0.25, 0.3) is 0 Å². The minimum absolute atomic E-state index is 0.472. The van der Waals surface area contributed by atoms with E-state index >= 15 is 0 Å². The Morgan fingerprint density at radius 2 is 2.25 bits per heavy atom. The summed E-state index contributed by atoms with van der Waals surface area (Å²) in [5.74, 6) is 0.846. The first kappa shape index (κ1) is 12.1. The molecule has 1 aliphatic rings. The maximum atomic E-state index is 3.56. The molecule has 0 radical (unpaired) electrons. The molecule has 0 aliphatic heterocycles. The molecule has 0 amide bonds. The predicted octanol–water partition coefficient (Wildman–Crippen LogP) is 3.59. The van der Waals surface area contributed by atoms with Gasteiger partial charge in [-0.2, -0.15) is 0 Å². The molecule has 0 spiro atoms. The topological polar surface area (TPSA) is 12.0 Å². The Bertz CT molecular complexity index is 355. The molecule has 1 heterocycles. The molecule has 2 unspecified atom stereocenters. The Morgan fingerprint density at radius 3 is 2.81 bits per heavy atom. The van der Waals surface area contributed by atoms with Crippen molar-refractivity contribution in [2.24, 2.45) is 5.92 Å². The Kier molecular flexibility index (Phi) is 3.41. The molecule has 1 N–H and O–H groups in total. The van der Waals surface area contributed by atoms with Crippen LogP contribution in [0.1, 0.15) is 43.9 Å². The van der Waals surface area contributed by atoms with Crippen LogP contribution < -0.4 is 5.32 Å². The molecule has 1 nitrogen and oxygen atoms in total. The van der Waals surface area contributed by atoms with Crippen LogP contribution in [-0.4, -0.2) is 12.6 Å². The number of hydrogen-bond donors (Lipinski definition) is 1. The van der Waals surface area contributed by atoms with Crippen LogP contribution in [0.2, 0.25) is 0 Å². The van der Waals surface area contributed by atoms with Crippen molar-refractivity contribution in [3.05, 3.63) is 21.9 Å². The molecule has 16 heavy (non-hydrogen) atoms. The molecule has 1 aromatic heterocycles. The van der Waals surface area contributed by atoms with Crippen LogP contribution in [0.4, 0.5) is 0 Å². The zero-order valence-electron chi connectivity index (χ0n) is 10.8. The molecule has 1 aliphatic carbocycles. The van der Waals surface area contributed by atoms with Crippen LogP contribution in [0.15, 0.2) is 12.1 Å². The summed E-state index contributed by atoms with van der Waals surface area (Å²) in [6.07, 6.45) is 2.53. The van der Waals surface area contributed by atoms with Crippen molar-refractivity contribution < 1.29 is 0 Å². The van der Waals surface area contributed by atoms with Crippen molar-refractivity contribution in [1.29, 1.82) is 0 Å². The third-order valence-electron chi connectivity index (χ3n) is 3.76. The number of nitrogens with one attached hydrogen (secondary N) is 1. The summed E-state index contributed by atoms with van der Waals surface area (Å²) < 4.78 is 0. The third kappa shape index (κ3) is 2.33. The molecular weight excluding hydrogens is 214 g/mol. The van der Waals surface area contributed by atoms with E-state index in [1.165, 1.54) is 24.3 Å². The quantitative estimate of drug-likeness (QED) is 0.825. The largest absolute Gasteiger partial charge is 0.314 e. The van der Waals surface area contributed by atoms with Crippen LogP contribution in [0.3, 0.4) is 0 Å². The van der Waals surface area contributed by atoms with Gasteiger partial charge >= 0.3 is 0 Å². The van der Waals surface area contributed by atoms with E-state index in [0.29, 0.717) is 11.5 Å². The minimum atomic E-state index is 0.472. The lowest BCUT2D eigenvalue weighted by Gasteiger charge is -2.11. The number of aryl methyl sites for hydroxylation is 1. The highest BCUT2D eigenvalue weighted by molar-refractivity contribution is 7.12. The van der Waals surface area contributed by atoms with Gasteiger partial charge in [0.1, 0.15) is 0 Å². The summed E-state index contributed by atoms with van der Waals surface area (Å²) in [5, 5.41) is 3.56. The van der Waals surface area contributed by atoms with E-state index in [2.05, 4.69) is 45.1 Å². The van der Waals surface area contributed by atoms with Crippen LogP contribution in [0.5, 0.6) is 0 Å². The monoisotopic (exact) mass is 237 g/mol. The Balaban J connectivity index is 1.95. The van der Waals surface area contributed by atoms with Gasteiger partial charge in [-0.05, 0) is 37.4 Å². The molecule has 2 atom stereocenters. The van der Waals surface area contributed by atoms with E-state index in [-0.39, 0.29) is 0 Å². The van der Waals surface area contributed by atoms with Gasteiger partial charge in [0.15, 0.2) is 0 Å². The van der Waals surface area contributed by atoms with Gasteiger partial charge in [0.2, 0.25) is 0 Å². The van der Waals surface area contributed by atoms with Crippen molar-refractivity contribution in [3.63, 3.8) is 0 Å². The van der Waals surface area contributed by atoms with Gasteiger partial charge in [-0.1, -0.05) is 27.7 Å². The Labute approximate surface area is 103 Å². The van der Waals surface area contributed by atoms with E-state index < -0.39 is 0 Å². The lowest BCUT2D eigenvalue weighted by molar-refractivity contribution is 0.530. The van der Waals surface area contributed by atoms with E-state index in [4.69, 9.17) is 0 Å². The van der Waals surface area contributed by atoms with Crippen LogP contribution >= 0.6 is 11.3 Å². The normalized spacial score (nSPS) is 28.7. The minimum Gasteiger partial charge on any atom is -0.314 e. The summed E-state index contributed by atoms with van der Waals surface area (Å²) in [6, 6.07) is 5.26. The van der Waals surface area contributed by atoms with Gasteiger partial charge in [-0.15, -0.1) is 11.3 Å². The predicted molar refractivity (Wildman–Crippen MR) is 72.3 cm³/mol. The van der Waals surface area contributed by atoms with Crippen LogP contribution in [0, 0.1) is 5.92 Å². The van der Waals surface area contributed by atoms with Gasteiger partial charge in [0.05, 0.1) is 0 Å². The van der Waals surface area contributed by atoms with Gasteiger partial charge in [0, 0.05) is 21.2 Å². The summed E-state index contributed by atoms with van der Waals surface area (Å²) in [6.45, 7) is 10.3. The first-order valence-corrected chi connectivity index (χ1v) is 7.20. The first-order chi connectivity index (χ1) is 7.56. The second-order valence-electron chi connectivity index (χ2n) is 5.50. The van der Waals surface area contributed by atoms with Crippen molar-refractivity contribution in [2.45, 2.75) is 52.0 Å². The second-order valence-corrected chi connectivity index (χ2v) is 6.67. The van der Waals surface area contributed by atoms with E-state index in [9.17, 15) is 0 Å². The summed E-state index contributed by atoms with van der Waals surface area (Å²) in [7, 11) is 0. The fourth-order valence-corrected chi connectivity index (χ4v) is 3.49. The van der Waals surface area contributed by atoms with Crippen molar-refractivity contribution >= 4 is 11.3 Å². The Hall–Kier alpha value is -0.340. The van der Waals surface area contributed by atoms with Crippen molar-refractivity contribution in [3.8, 4) is 0 Å². The van der Waals surface area contributed by atoms with Gasteiger partial charge in [-0.3, -0.25) is 0 Å². The lowest BCUT2D eigenvalue weighted by Crippen LogP contribution is -2.26. The zero-order chi connectivity index (χ0) is 11.8. The number of thiophene rings is 1. The molecule has 90 valence electrons. The molecule has 2 heteroatoms. The van der Waals surface area contributed by atoms with Gasteiger partial charge in [0.25, 0.3) is 0 Å². The lowest BCUT2D eigenvalue weighted by atomic mass is 10.0. The van der Waals surface area contributed by atoms with Gasteiger partial charge in [-0.25, -0.2) is 0 Å². The van der Waals surface area contributed by atoms with Crippen molar-refractivity contribution in [1.82, 2.24) is 5.32 Å². The fraction of sp³-hybridized carbons (Fsp3) is 0.714. The van der Waals surface area contributed by atoms with E-state index in [1.807, 2.05) is 11.3 Å².